The molecule has 4 N–H and O–H groups in total. The van der Waals surface area contributed by atoms with E-state index in [1.807, 2.05) is 0 Å². The first kappa shape index (κ1) is 18.7. The molecule has 1 aliphatic carbocycles. The highest BCUT2D eigenvalue weighted by atomic mass is 32.1. The number of halogens is 2. The van der Waals surface area contributed by atoms with Gasteiger partial charge < -0.3 is 10.8 Å². The quantitative estimate of drug-likeness (QED) is 0.262. The lowest BCUT2D eigenvalue weighted by Crippen LogP contribution is -2.09. The van der Waals surface area contributed by atoms with Crippen molar-refractivity contribution in [1.29, 1.82) is 5.41 Å². The van der Waals surface area contributed by atoms with Crippen LogP contribution in [-0.2, 0) is 4.79 Å². The van der Waals surface area contributed by atoms with Gasteiger partial charge in [-0.25, -0.2) is 13.6 Å². The Morgan fingerprint density at radius 3 is 2.44 bits per heavy atom. The maximum Gasteiger partial charge on any atom is 0.335 e. The molecule has 0 spiro atoms. The van der Waals surface area contributed by atoms with Crippen LogP contribution in [0.1, 0.15) is 19.4 Å². The first-order chi connectivity index (χ1) is 12.8. The fourth-order valence-electron chi connectivity index (χ4n) is 3.06. The van der Waals surface area contributed by atoms with Gasteiger partial charge in [0.15, 0.2) is 0 Å². The number of allylic oxidation sites excluding steroid dienone is 2. The van der Waals surface area contributed by atoms with E-state index in [9.17, 15) is 18.7 Å². The Bertz CT molecular complexity index is 1180. The molecule has 0 radical (unpaired) electrons. The second kappa shape index (κ2) is 6.92. The van der Waals surface area contributed by atoms with Crippen molar-refractivity contribution in [2.75, 3.05) is 5.73 Å². The molecule has 27 heavy (non-hydrogen) atoms. The third kappa shape index (κ3) is 3.10. The number of nitrogen functional groups attached to an aromatic ring is 1. The summed E-state index contributed by atoms with van der Waals surface area (Å²) in [6.45, 7) is 3.25. The first-order valence-electron chi connectivity index (χ1n) is 8.04. The molecule has 0 unspecified atom stereocenters. The molecule has 1 heterocycles. The number of hydrogen-bond acceptors (Lipinski definition) is 4. The molecule has 3 rings (SSSR count). The van der Waals surface area contributed by atoms with Crippen molar-refractivity contribution < 1.29 is 18.7 Å². The van der Waals surface area contributed by atoms with E-state index in [2.05, 4.69) is 0 Å². The molecule has 0 aromatic heterocycles. The van der Waals surface area contributed by atoms with Crippen molar-refractivity contribution in [1.82, 2.24) is 0 Å². The molecule has 0 saturated carbocycles. The average molecular weight is 386 g/mol. The van der Waals surface area contributed by atoms with Gasteiger partial charge in [-0.05, 0) is 49.2 Å². The predicted molar refractivity (Wildman–Crippen MR) is 104 cm³/mol. The monoisotopic (exact) mass is 386 g/mol. The molecular weight excluding hydrogens is 370 g/mol. The maximum absolute atomic E-state index is 14.2. The number of nitrogens with two attached hydrogens (primary N) is 1. The molecule has 138 valence electrons. The summed E-state index contributed by atoms with van der Waals surface area (Å²) in [6.07, 6.45) is 3.04. The van der Waals surface area contributed by atoms with Crippen LogP contribution in [0.3, 0.4) is 0 Å². The van der Waals surface area contributed by atoms with Gasteiger partial charge in [0.25, 0.3) is 0 Å². The highest BCUT2D eigenvalue weighted by molar-refractivity contribution is 7.21. The topological polar surface area (TPSA) is 87.2 Å². The minimum Gasteiger partial charge on any atom is -0.478 e. The van der Waals surface area contributed by atoms with Gasteiger partial charge in [0.2, 0.25) is 0 Å². The summed E-state index contributed by atoms with van der Waals surface area (Å²) in [4.78, 5) is 12.3. The lowest BCUT2D eigenvalue weighted by atomic mass is 9.90. The van der Waals surface area contributed by atoms with Gasteiger partial charge in [-0.2, -0.15) is 0 Å². The number of benzene rings is 2. The van der Waals surface area contributed by atoms with E-state index in [1.54, 1.807) is 19.9 Å². The molecular formula is C20H16F2N2O2S. The minimum absolute atomic E-state index is 0.0175. The van der Waals surface area contributed by atoms with Crippen LogP contribution in [0, 0.1) is 17.0 Å². The summed E-state index contributed by atoms with van der Waals surface area (Å²) >= 11 is 1.24. The Balaban J connectivity index is 2.57. The van der Waals surface area contributed by atoms with E-state index >= 15 is 0 Å². The Labute approximate surface area is 157 Å². The molecule has 7 heteroatoms. The molecule has 0 amide bonds. The Hall–Kier alpha value is -3.06. The van der Waals surface area contributed by atoms with Crippen molar-refractivity contribution in [2.24, 2.45) is 0 Å². The normalized spacial score (nSPS) is 12.7. The highest BCUT2D eigenvalue weighted by Gasteiger charge is 2.23. The number of fused-ring (bicyclic) bond motifs is 2. The zero-order chi connectivity index (χ0) is 19.9. The predicted octanol–water partition coefficient (Wildman–Crippen LogP) is 4.78. The number of carboxylic acid groups (broad SMARTS) is 1. The van der Waals surface area contributed by atoms with Crippen molar-refractivity contribution in [2.45, 2.75) is 13.8 Å². The molecule has 1 aromatic carbocycles. The zero-order valence-electron chi connectivity index (χ0n) is 14.6. The molecule has 4 nitrogen and oxygen atoms in total. The van der Waals surface area contributed by atoms with Crippen LogP contribution in [0.2, 0.25) is 0 Å². The summed E-state index contributed by atoms with van der Waals surface area (Å²) in [6, 6.07) is 5.27. The number of nitrogens with one attached hydrogen (secondary N) is 1. The van der Waals surface area contributed by atoms with Gasteiger partial charge in [-0.15, -0.1) is 11.3 Å². The smallest absolute Gasteiger partial charge is 0.335 e. The van der Waals surface area contributed by atoms with Crippen LogP contribution >= 0.6 is 11.3 Å². The third-order valence-corrected chi connectivity index (χ3v) is 5.41. The van der Waals surface area contributed by atoms with Gasteiger partial charge in [-0.1, -0.05) is 12.2 Å². The molecule has 0 atom stereocenters. The van der Waals surface area contributed by atoms with Crippen LogP contribution in [0.15, 0.2) is 42.0 Å². The SMILES string of the molecule is C/C=C(\C(=C/C)C(=O)O)c1c2cc(F)c(=N)cc-2sc2cc(N)c(F)cc12. The van der Waals surface area contributed by atoms with Crippen LogP contribution in [-0.4, -0.2) is 11.1 Å². The highest BCUT2D eigenvalue weighted by Crippen LogP contribution is 2.43. The number of carboxylic acids is 1. The van der Waals surface area contributed by atoms with Crippen LogP contribution in [0.25, 0.3) is 26.1 Å². The molecule has 0 saturated heterocycles. The number of carbonyl (C=O) groups is 1. The van der Waals surface area contributed by atoms with E-state index < -0.39 is 17.6 Å². The van der Waals surface area contributed by atoms with Gasteiger partial charge in [0.1, 0.15) is 11.6 Å². The first-order valence-corrected chi connectivity index (χ1v) is 8.86. The Kier molecular flexibility index (Phi) is 4.80. The summed E-state index contributed by atoms with van der Waals surface area (Å²) in [5.74, 6) is -2.52. The van der Waals surface area contributed by atoms with Crippen molar-refractivity contribution >= 4 is 38.7 Å². The summed E-state index contributed by atoms with van der Waals surface area (Å²) in [7, 11) is 0. The minimum atomic E-state index is -1.15. The fourth-order valence-corrected chi connectivity index (χ4v) is 4.21. The lowest BCUT2D eigenvalue weighted by Gasteiger charge is -2.19. The molecule has 2 aliphatic rings. The van der Waals surface area contributed by atoms with E-state index in [0.29, 0.717) is 31.7 Å². The van der Waals surface area contributed by atoms with Crippen LogP contribution in [0.5, 0.6) is 0 Å². The third-order valence-electron chi connectivity index (χ3n) is 4.29. The Morgan fingerprint density at radius 1 is 1.15 bits per heavy atom. The second-order valence-corrected chi connectivity index (χ2v) is 6.97. The van der Waals surface area contributed by atoms with Crippen LogP contribution < -0.4 is 11.1 Å². The summed E-state index contributed by atoms with van der Waals surface area (Å²) in [5.41, 5.74) is 6.83. The van der Waals surface area contributed by atoms with Gasteiger partial charge in [0, 0.05) is 20.5 Å². The van der Waals surface area contributed by atoms with Crippen molar-refractivity contribution in [3.8, 4) is 10.4 Å². The van der Waals surface area contributed by atoms with Gasteiger partial charge >= 0.3 is 5.97 Å². The zero-order valence-corrected chi connectivity index (χ0v) is 15.4. The fraction of sp³-hybridized carbons (Fsp3) is 0.100. The molecule has 1 aliphatic heterocycles. The van der Waals surface area contributed by atoms with E-state index in [4.69, 9.17) is 11.1 Å². The maximum atomic E-state index is 14.2. The molecule has 0 fully saturated rings. The van der Waals surface area contributed by atoms with E-state index in [1.165, 1.54) is 41.7 Å². The molecule has 1 aromatic rings. The number of rotatable bonds is 3. The number of hydrogen-bond donors (Lipinski definition) is 3. The standard InChI is InChI=1S/C20H16F2N2O2S/c1-3-9(10(4-2)20(25)26)19-11-5-13(21)15(23)7-17(11)27-18-8-16(24)14(22)6-12(18)19/h3-8,23H,24H2,1-2H3,(H,25,26)/b9-3+,10-4+,23-15?. The number of aliphatic carboxylic acids is 1. The summed E-state index contributed by atoms with van der Waals surface area (Å²) in [5, 5.41) is 17.5. The van der Waals surface area contributed by atoms with Crippen molar-refractivity contribution in [3.63, 3.8) is 0 Å². The Morgan fingerprint density at radius 2 is 1.85 bits per heavy atom. The second-order valence-electron chi connectivity index (χ2n) is 5.89. The van der Waals surface area contributed by atoms with E-state index in [0.717, 1.165) is 0 Å². The van der Waals surface area contributed by atoms with Gasteiger partial charge in [-0.3, -0.25) is 5.41 Å². The lowest BCUT2D eigenvalue weighted by molar-refractivity contribution is -0.132. The average Bonchev–Trinajstić information content (AvgIpc) is 2.61. The largest absolute Gasteiger partial charge is 0.478 e. The number of anilines is 1. The summed E-state index contributed by atoms with van der Waals surface area (Å²) < 4.78 is 29.0. The van der Waals surface area contributed by atoms with E-state index in [-0.39, 0.29) is 16.6 Å². The van der Waals surface area contributed by atoms with Crippen molar-refractivity contribution in [3.05, 3.63) is 64.5 Å². The van der Waals surface area contributed by atoms with Gasteiger partial charge in [0.05, 0.1) is 16.6 Å². The molecule has 0 bridgehead atoms. The van der Waals surface area contributed by atoms with Crippen LogP contribution in [0.4, 0.5) is 14.5 Å².